The van der Waals surface area contributed by atoms with Gasteiger partial charge in [0.2, 0.25) is 0 Å². The fraction of sp³-hybridized carbons (Fsp3) is 0.562. The molecule has 104 valence electrons. The Balaban J connectivity index is 1.87. The van der Waals surface area contributed by atoms with Crippen LogP contribution in [-0.4, -0.2) is 30.3 Å². The highest BCUT2D eigenvalue weighted by atomic mass is 16.1. The molecule has 3 nitrogen and oxygen atoms in total. The van der Waals surface area contributed by atoms with E-state index in [0.717, 1.165) is 30.8 Å². The van der Waals surface area contributed by atoms with Crippen molar-refractivity contribution in [1.82, 2.24) is 4.90 Å². The first-order valence-corrected chi connectivity index (χ1v) is 7.28. The molecule has 1 aromatic carbocycles. The molecule has 0 unspecified atom stereocenters. The number of rotatable bonds is 4. The van der Waals surface area contributed by atoms with E-state index in [1.807, 2.05) is 19.1 Å². The molecule has 3 heteroatoms. The van der Waals surface area contributed by atoms with Crippen LogP contribution < -0.4 is 5.73 Å². The first kappa shape index (κ1) is 14.1. The van der Waals surface area contributed by atoms with Gasteiger partial charge in [-0.3, -0.25) is 4.79 Å². The number of nitrogens with two attached hydrogens (primary N) is 1. The van der Waals surface area contributed by atoms with Gasteiger partial charge >= 0.3 is 0 Å². The third-order valence-corrected chi connectivity index (χ3v) is 3.95. The van der Waals surface area contributed by atoms with E-state index in [-0.39, 0.29) is 5.78 Å². The van der Waals surface area contributed by atoms with Crippen molar-refractivity contribution in [3.05, 3.63) is 29.3 Å². The third-order valence-electron chi connectivity index (χ3n) is 3.95. The minimum absolute atomic E-state index is 0.205. The summed E-state index contributed by atoms with van der Waals surface area (Å²) in [6.45, 7) is 5.13. The fourth-order valence-electron chi connectivity index (χ4n) is 2.58. The quantitative estimate of drug-likeness (QED) is 0.668. The summed E-state index contributed by atoms with van der Waals surface area (Å²) >= 11 is 0. The Morgan fingerprint density at radius 1 is 1.21 bits per heavy atom. The van der Waals surface area contributed by atoms with Gasteiger partial charge in [0.1, 0.15) is 0 Å². The van der Waals surface area contributed by atoms with Gasteiger partial charge in [-0.1, -0.05) is 25.0 Å². The van der Waals surface area contributed by atoms with Crippen LogP contribution in [0.4, 0.5) is 5.69 Å². The molecule has 0 spiro atoms. The Labute approximate surface area is 115 Å². The zero-order valence-electron chi connectivity index (χ0n) is 11.8. The second-order valence-corrected chi connectivity index (χ2v) is 5.50. The van der Waals surface area contributed by atoms with E-state index >= 15 is 0 Å². The number of nitrogens with zero attached hydrogens (tertiary/aromatic N) is 1. The summed E-state index contributed by atoms with van der Waals surface area (Å²) < 4.78 is 0. The number of nitrogen functional groups attached to an aromatic ring is 1. The molecular formula is C16H24N2O. The highest BCUT2D eigenvalue weighted by Crippen LogP contribution is 2.15. The monoisotopic (exact) mass is 260 g/mol. The number of hydrogen-bond acceptors (Lipinski definition) is 3. The summed E-state index contributed by atoms with van der Waals surface area (Å²) in [4.78, 5) is 14.6. The lowest BCUT2D eigenvalue weighted by Gasteiger charge is -2.19. The van der Waals surface area contributed by atoms with Crippen molar-refractivity contribution in [2.24, 2.45) is 0 Å². The van der Waals surface area contributed by atoms with Gasteiger partial charge in [-0.2, -0.15) is 0 Å². The number of carbonyl (C=O) groups excluding carboxylic acids is 1. The molecule has 0 radical (unpaired) electrons. The van der Waals surface area contributed by atoms with Crippen molar-refractivity contribution < 1.29 is 4.79 Å². The molecule has 1 aliphatic rings. The maximum Gasteiger partial charge on any atom is 0.164 e. The maximum atomic E-state index is 12.2. The van der Waals surface area contributed by atoms with Crippen LogP contribution in [-0.2, 0) is 0 Å². The lowest BCUT2D eigenvalue weighted by Crippen LogP contribution is -2.27. The molecular weight excluding hydrogens is 236 g/mol. The molecule has 0 aromatic heterocycles. The van der Waals surface area contributed by atoms with E-state index in [0.29, 0.717) is 12.1 Å². The summed E-state index contributed by atoms with van der Waals surface area (Å²) in [6.07, 6.45) is 5.80. The molecule has 1 fully saturated rings. The zero-order chi connectivity index (χ0) is 13.7. The molecule has 1 aliphatic heterocycles. The predicted octanol–water partition coefficient (Wildman–Crippen LogP) is 3.03. The molecule has 0 aliphatic carbocycles. The number of benzene rings is 1. The Hall–Kier alpha value is -1.35. The van der Waals surface area contributed by atoms with Crippen LogP contribution in [0, 0.1) is 6.92 Å². The van der Waals surface area contributed by atoms with Gasteiger partial charge in [0.15, 0.2) is 5.78 Å². The van der Waals surface area contributed by atoms with Crippen LogP contribution in [0.15, 0.2) is 18.2 Å². The summed E-state index contributed by atoms with van der Waals surface area (Å²) in [7, 11) is 0. The van der Waals surface area contributed by atoms with E-state index in [1.54, 1.807) is 6.07 Å². The average Bonchev–Trinajstić information content (AvgIpc) is 2.67. The molecule has 1 heterocycles. The van der Waals surface area contributed by atoms with E-state index in [9.17, 15) is 4.79 Å². The van der Waals surface area contributed by atoms with Crippen LogP contribution >= 0.6 is 0 Å². The Morgan fingerprint density at radius 3 is 2.53 bits per heavy atom. The largest absolute Gasteiger partial charge is 0.398 e. The third kappa shape index (κ3) is 4.06. The summed E-state index contributed by atoms with van der Waals surface area (Å²) in [6, 6.07) is 5.62. The lowest BCUT2D eigenvalue weighted by atomic mass is 10.0. The number of Topliss-reactive ketones (excluding diaryl/α,β-unsaturated/α-hetero) is 1. The molecule has 19 heavy (non-hydrogen) atoms. The second kappa shape index (κ2) is 6.71. The van der Waals surface area contributed by atoms with Gasteiger partial charge in [0, 0.05) is 24.2 Å². The lowest BCUT2D eigenvalue weighted by molar-refractivity contribution is 0.0965. The number of anilines is 1. The average molecular weight is 260 g/mol. The Morgan fingerprint density at radius 2 is 1.89 bits per heavy atom. The number of carbonyl (C=O) groups is 1. The summed E-state index contributed by atoms with van der Waals surface area (Å²) in [5.41, 5.74) is 8.34. The van der Waals surface area contributed by atoms with E-state index in [2.05, 4.69) is 4.90 Å². The first-order chi connectivity index (χ1) is 9.16. The topological polar surface area (TPSA) is 46.3 Å². The van der Waals surface area contributed by atoms with Crippen LogP contribution in [0.5, 0.6) is 0 Å². The summed E-state index contributed by atoms with van der Waals surface area (Å²) in [5.74, 6) is 0.205. The molecule has 1 saturated heterocycles. The minimum atomic E-state index is 0.205. The van der Waals surface area contributed by atoms with Crippen LogP contribution in [0.2, 0.25) is 0 Å². The molecule has 0 atom stereocenters. The standard InChI is InChI=1S/C16H24N2O/c1-13-6-7-14(12-15(13)17)16(19)8-11-18-9-4-2-3-5-10-18/h6-7,12H,2-5,8-11,17H2,1H3. The number of aryl methyl sites for hydroxylation is 1. The highest BCUT2D eigenvalue weighted by Gasteiger charge is 2.12. The molecule has 1 aromatic rings. The molecule has 0 saturated carbocycles. The second-order valence-electron chi connectivity index (χ2n) is 5.50. The van der Waals surface area contributed by atoms with Gasteiger partial charge in [0.05, 0.1) is 0 Å². The van der Waals surface area contributed by atoms with E-state index in [4.69, 9.17) is 5.73 Å². The molecule has 2 rings (SSSR count). The van der Waals surface area contributed by atoms with Crippen LogP contribution in [0.25, 0.3) is 0 Å². The minimum Gasteiger partial charge on any atom is -0.398 e. The Kier molecular flexibility index (Phi) is 4.97. The normalized spacial score (nSPS) is 17.1. The van der Waals surface area contributed by atoms with Gasteiger partial charge in [-0.15, -0.1) is 0 Å². The smallest absolute Gasteiger partial charge is 0.164 e. The van der Waals surface area contributed by atoms with E-state index in [1.165, 1.54) is 25.7 Å². The molecule has 0 bridgehead atoms. The van der Waals surface area contributed by atoms with Crippen LogP contribution in [0.1, 0.15) is 48.0 Å². The first-order valence-electron chi connectivity index (χ1n) is 7.28. The SMILES string of the molecule is Cc1ccc(C(=O)CCN2CCCCCC2)cc1N. The van der Waals surface area contributed by atoms with Crippen molar-refractivity contribution in [2.75, 3.05) is 25.4 Å². The number of hydrogen-bond donors (Lipinski definition) is 1. The fourth-order valence-corrected chi connectivity index (χ4v) is 2.58. The highest BCUT2D eigenvalue weighted by molar-refractivity contribution is 5.97. The van der Waals surface area contributed by atoms with Gasteiger partial charge in [-0.05, 0) is 44.5 Å². The van der Waals surface area contributed by atoms with Crippen LogP contribution in [0.3, 0.4) is 0 Å². The van der Waals surface area contributed by atoms with Crippen molar-refractivity contribution in [2.45, 2.75) is 39.0 Å². The summed E-state index contributed by atoms with van der Waals surface area (Å²) in [5, 5.41) is 0. The van der Waals surface area contributed by atoms with Gasteiger partial charge in [0.25, 0.3) is 0 Å². The van der Waals surface area contributed by atoms with Crippen molar-refractivity contribution >= 4 is 11.5 Å². The van der Waals surface area contributed by atoms with Gasteiger partial charge < -0.3 is 10.6 Å². The number of ketones is 1. The van der Waals surface area contributed by atoms with Crippen molar-refractivity contribution in [3.63, 3.8) is 0 Å². The molecule has 2 N–H and O–H groups in total. The van der Waals surface area contributed by atoms with Crippen molar-refractivity contribution in [1.29, 1.82) is 0 Å². The van der Waals surface area contributed by atoms with E-state index < -0.39 is 0 Å². The predicted molar refractivity (Wildman–Crippen MR) is 79.4 cm³/mol. The molecule has 0 amide bonds. The Bertz CT molecular complexity index is 434. The zero-order valence-corrected chi connectivity index (χ0v) is 11.8. The van der Waals surface area contributed by atoms with Crippen molar-refractivity contribution in [3.8, 4) is 0 Å². The number of likely N-dealkylation sites (tertiary alicyclic amines) is 1. The van der Waals surface area contributed by atoms with Gasteiger partial charge in [-0.25, -0.2) is 0 Å². The maximum absolute atomic E-state index is 12.2.